The van der Waals surface area contributed by atoms with E-state index in [1.165, 1.54) is 5.56 Å². The van der Waals surface area contributed by atoms with Crippen molar-refractivity contribution in [2.45, 2.75) is 40.0 Å². The molecule has 2 rings (SSSR count). The molecule has 2 aromatic rings. The minimum absolute atomic E-state index is 0.261. The van der Waals surface area contributed by atoms with Crippen LogP contribution in [0.4, 0.5) is 5.69 Å². The van der Waals surface area contributed by atoms with E-state index >= 15 is 0 Å². The van der Waals surface area contributed by atoms with Crippen LogP contribution in [0, 0.1) is 5.92 Å². The molecule has 0 aliphatic rings. The van der Waals surface area contributed by atoms with Gasteiger partial charge in [-0.15, -0.1) is 0 Å². The Labute approximate surface area is 167 Å². The van der Waals surface area contributed by atoms with E-state index in [2.05, 4.69) is 44.4 Å². The van der Waals surface area contributed by atoms with Crippen LogP contribution in [0.5, 0.6) is 5.75 Å². The monoisotopic (exact) mass is 384 g/mol. The number of carbonyl (C=O) groups excluding carboxylic acids is 1. The minimum atomic E-state index is -0.261. The zero-order valence-electron chi connectivity index (χ0n) is 16.4. The number of thiocarbonyl (C=S) groups is 1. The van der Waals surface area contributed by atoms with Crippen molar-refractivity contribution in [1.29, 1.82) is 0 Å². The zero-order chi connectivity index (χ0) is 19.8. The van der Waals surface area contributed by atoms with Crippen molar-refractivity contribution in [3.05, 3.63) is 59.7 Å². The van der Waals surface area contributed by atoms with Gasteiger partial charge in [0.15, 0.2) is 5.11 Å². The molecule has 0 spiro atoms. The summed E-state index contributed by atoms with van der Waals surface area (Å²) in [6.45, 7) is 9.09. The maximum absolute atomic E-state index is 12.5. The van der Waals surface area contributed by atoms with Crippen LogP contribution >= 0.6 is 12.2 Å². The van der Waals surface area contributed by atoms with Gasteiger partial charge in [-0.2, -0.15) is 0 Å². The average molecular weight is 385 g/mol. The van der Waals surface area contributed by atoms with Crippen molar-refractivity contribution in [3.63, 3.8) is 0 Å². The molecule has 1 atom stereocenters. The fraction of sp³-hybridized carbons (Fsp3) is 0.364. The van der Waals surface area contributed by atoms with Gasteiger partial charge in [-0.1, -0.05) is 52.0 Å². The van der Waals surface area contributed by atoms with Gasteiger partial charge in [-0.3, -0.25) is 10.1 Å². The maximum atomic E-state index is 12.5. The lowest BCUT2D eigenvalue weighted by Crippen LogP contribution is -2.34. The summed E-state index contributed by atoms with van der Waals surface area (Å²) in [4.78, 5) is 12.5. The summed E-state index contributed by atoms with van der Waals surface area (Å²) in [7, 11) is 0. The Balaban J connectivity index is 2.02. The third-order valence-corrected chi connectivity index (χ3v) is 4.46. The summed E-state index contributed by atoms with van der Waals surface area (Å²) in [5.41, 5.74) is 2.61. The number of amides is 1. The zero-order valence-corrected chi connectivity index (χ0v) is 17.2. The van der Waals surface area contributed by atoms with Crippen molar-refractivity contribution < 1.29 is 9.53 Å². The Hall–Kier alpha value is -2.40. The number of carbonyl (C=O) groups is 1. The molecule has 0 saturated heterocycles. The van der Waals surface area contributed by atoms with E-state index in [1.54, 1.807) is 18.2 Å². The first-order valence-corrected chi connectivity index (χ1v) is 9.75. The Morgan fingerprint density at radius 2 is 1.85 bits per heavy atom. The van der Waals surface area contributed by atoms with Gasteiger partial charge in [0.25, 0.3) is 5.91 Å². The Kier molecular flexibility index (Phi) is 7.80. The molecule has 0 radical (unpaired) electrons. The molecule has 5 heteroatoms. The van der Waals surface area contributed by atoms with Gasteiger partial charge in [0, 0.05) is 11.3 Å². The number of anilines is 1. The highest BCUT2D eigenvalue weighted by atomic mass is 32.1. The standard InChI is InChI=1S/C22H28N2O2S/c1-5-16(4)19-11-6-7-12-20(19)23-22(27)24-21(25)17-9-8-10-18(13-17)26-14-15(2)3/h6-13,15-16H,5,14H2,1-4H3,(H2,23,24,25,27)/t16-/m1/s1. The molecular formula is C22H28N2O2S. The van der Waals surface area contributed by atoms with E-state index in [0.29, 0.717) is 29.8 Å². The summed E-state index contributed by atoms with van der Waals surface area (Å²) in [5.74, 6) is 1.24. The second-order valence-electron chi connectivity index (χ2n) is 7.04. The van der Waals surface area contributed by atoms with Gasteiger partial charge < -0.3 is 10.1 Å². The average Bonchev–Trinajstić information content (AvgIpc) is 2.66. The van der Waals surface area contributed by atoms with Crippen molar-refractivity contribution in [1.82, 2.24) is 5.32 Å². The SMILES string of the molecule is CC[C@@H](C)c1ccccc1NC(=S)NC(=O)c1cccc(OCC(C)C)c1. The fourth-order valence-corrected chi connectivity index (χ4v) is 2.78. The molecule has 0 heterocycles. The van der Waals surface area contributed by atoms with Crippen molar-refractivity contribution in [2.75, 3.05) is 11.9 Å². The van der Waals surface area contributed by atoms with Crippen LogP contribution in [0.1, 0.15) is 56.0 Å². The molecule has 4 nitrogen and oxygen atoms in total. The highest BCUT2D eigenvalue weighted by Gasteiger charge is 2.12. The van der Waals surface area contributed by atoms with Crippen LogP contribution in [0.2, 0.25) is 0 Å². The summed E-state index contributed by atoms with van der Waals surface area (Å²) < 4.78 is 5.68. The lowest BCUT2D eigenvalue weighted by molar-refractivity contribution is 0.0977. The number of benzene rings is 2. The van der Waals surface area contributed by atoms with Crippen molar-refractivity contribution in [2.24, 2.45) is 5.92 Å². The van der Waals surface area contributed by atoms with Crippen molar-refractivity contribution >= 4 is 28.9 Å². The number of para-hydroxylation sites is 1. The molecule has 2 N–H and O–H groups in total. The molecule has 0 unspecified atom stereocenters. The van der Waals surface area contributed by atoms with Crippen LogP contribution in [-0.2, 0) is 0 Å². The second-order valence-corrected chi connectivity index (χ2v) is 7.45. The highest BCUT2D eigenvalue weighted by Crippen LogP contribution is 2.26. The molecular weight excluding hydrogens is 356 g/mol. The van der Waals surface area contributed by atoms with E-state index in [4.69, 9.17) is 17.0 Å². The predicted molar refractivity (Wildman–Crippen MR) is 116 cm³/mol. The first kappa shape index (κ1) is 20.9. The lowest BCUT2D eigenvalue weighted by Gasteiger charge is -2.17. The Morgan fingerprint density at radius 3 is 2.56 bits per heavy atom. The third kappa shape index (κ3) is 6.36. The largest absolute Gasteiger partial charge is 0.493 e. The van der Waals surface area contributed by atoms with Gasteiger partial charge in [-0.05, 0) is 60.3 Å². The number of ether oxygens (including phenoxy) is 1. The first-order valence-electron chi connectivity index (χ1n) is 9.34. The number of rotatable bonds is 7. The maximum Gasteiger partial charge on any atom is 0.257 e. The lowest BCUT2D eigenvalue weighted by atomic mass is 9.97. The molecule has 0 fully saturated rings. The predicted octanol–water partition coefficient (Wildman–Crippen LogP) is 5.36. The van der Waals surface area contributed by atoms with Crippen LogP contribution in [0.15, 0.2) is 48.5 Å². The van der Waals surface area contributed by atoms with E-state index in [9.17, 15) is 4.79 Å². The van der Waals surface area contributed by atoms with Crippen molar-refractivity contribution in [3.8, 4) is 5.75 Å². The Bertz CT molecular complexity index is 789. The summed E-state index contributed by atoms with van der Waals surface area (Å²) >= 11 is 5.34. The Morgan fingerprint density at radius 1 is 1.11 bits per heavy atom. The van der Waals surface area contributed by atoms with Gasteiger partial charge in [0.2, 0.25) is 0 Å². The van der Waals surface area contributed by atoms with E-state index in [0.717, 1.165) is 12.1 Å². The minimum Gasteiger partial charge on any atom is -0.493 e. The summed E-state index contributed by atoms with van der Waals surface area (Å²) in [6.07, 6.45) is 1.03. The van der Waals surface area contributed by atoms with Gasteiger partial charge in [0.1, 0.15) is 5.75 Å². The quantitative estimate of drug-likeness (QED) is 0.631. The van der Waals surface area contributed by atoms with Gasteiger partial charge in [0.05, 0.1) is 6.61 Å². The van der Waals surface area contributed by atoms with E-state index in [1.807, 2.05) is 24.3 Å². The van der Waals surface area contributed by atoms with Crippen LogP contribution < -0.4 is 15.4 Å². The molecule has 2 aromatic carbocycles. The molecule has 144 valence electrons. The van der Waals surface area contributed by atoms with Crippen LogP contribution in [-0.4, -0.2) is 17.6 Å². The van der Waals surface area contributed by atoms with Crippen LogP contribution in [0.25, 0.3) is 0 Å². The smallest absolute Gasteiger partial charge is 0.257 e. The fourth-order valence-electron chi connectivity index (χ4n) is 2.58. The molecule has 0 aliphatic heterocycles. The summed E-state index contributed by atoms with van der Waals surface area (Å²) in [6, 6.07) is 15.1. The third-order valence-electron chi connectivity index (χ3n) is 4.26. The molecule has 27 heavy (non-hydrogen) atoms. The number of nitrogens with one attached hydrogen (secondary N) is 2. The number of hydrogen-bond donors (Lipinski definition) is 2. The normalized spacial score (nSPS) is 11.7. The molecule has 0 bridgehead atoms. The van der Waals surface area contributed by atoms with Gasteiger partial charge >= 0.3 is 0 Å². The van der Waals surface area contributed by atoms with Gasteiger partial charge in [-0.25, -0.2) is 0 Å². The number of hydrogen-bond acceptors (Lipinski definition) is 3. The van der Waals surface area contributed by atoms with E-state index in [-0.39, 0.29) is 11.0 Å². The highest BCUT2D eigenvalue weighted by molar-refractivity contribution is 7.80. The van der Waals surface area contributed by atoms with Crippen LogP contribution in [0.3, 0.4) is 0 Å². The molecule has 1 amide bonds. The molecule has 0 saturated carbocycles. The molecule has 0 aliphatic carbocycles. The second kappa shape index (κ2) is 10.1. The first-order chi connectivity index (χ1) is 12.9. The molecule has 0 aromatic heterocycles. The summed E-state index contributed by atoms with van der Waals surface area (Å²) in [5, 5.41) is 6.18. The topological polar surface area (TPSA) is 50.4 Å². The van der Waals surface area contributed by atoms with E-state index < -0.39 is 0 Å².